The fraction of sp³-hybridized carbons (Fsp3) is 0.529. The molecule has 1 aliphatic heterocycles. The van der Waals surface area contributed by atoms with Crippen LogP contribution in [0.3, 0.4) is 0 Å². The molecule has 1 aliphatic rings. The Labute approximate surface area is 154 Å². The SMILES string of the molecule is CCNC(=O)NC(=O)CN1CCN(S(=O)(=O)c2cc(C)ccc2C)CC1. The van der Waals surface area contributed by atoms with Crippen molar-refractivity contribution in [3.63, 3.8) is 0 Å². The molecule has 1 fully saturated rings. The molecule has 1 aromatic carbocycles. The van der Waals surface area contributed by atoms with E-state index >= 15 is 0 Å². The van der Waals surface area contributed by atoms with Crippen molar-refractivity contribution in [2.75, 3.05) is 39.3 Å². The van der Waals surface area contributed by atoms with Gasteiger partial charge in [0.15, 0.2) is 0 Å². The monoisotopic (exact) mass is 382 g/mol. The molecule has 1 aromatic rings. The summed E-state index contributed by atoms with van der Waals surface area (Å²) in [6.45, 7) is 7.41. The first-order chi connectivity index (χ1) is 12.2. The van der Waals surface area contributed by atoms with Gasteiger partial charge in [-0.25, -0.2) is 13.2 Å². The van der Waals surface area contributed by atoms with Gasteiger partial charge in [-0.15, -0.1) is 0 Å². The van der Waals surface area contributed by atoms with Crippen LogP contribution in [0.4, 0.5) is 4.79 Å². The number of sulfonamides is 1. The standard InChI is InChI=1S/C17H26N4O4S/c1-4-18-17(23)19-16(22)12-20-7-9-21(10-8-20)26(24,25)15-11-13(2)5-6-14(15)3/h5-6,11H,4,7-10,12H2,1-3H3,(H2,18,19,22,23). The molecule has 0 aromatic heterocycles. The van der Waals surface area contributed by atoms with Gasteiger partial charge < -0.3 is 5.32 Å². The number of aryl methyl sites for hydroxylation is 2. The van der Waals surface area contributed by atoms with E-state index in [-0.39, 0.29) is 6.54 Å². The minimum absolute atomic E-state index is 0.0640. The summed E-state index contributed by atoms with van der Waals surface area (Å²) in [5, 5.41) is 4.74. The van der Waals surface area contributed by atoms with Crippen LogP contribution in [0.1, 0.15) is 18.1 Å². The van der Waals surface area contributed by atoms with Gasteiger partial charge in [-0.1, -0.05) is 12.1 Å². The highest BCUT2D eigenvalue weighted by atomic mass is 32.2. The van der Waals surface area contributed by atoms with E-state index in [2.05, 4.69) is 10.6 Å². The lowest BCUT2D eigenvalue weighted by Crippen LogP contribution is -2.52. The number of carbonyl (C=O) groups is 2. The minimum atomic E-state index is -3.55. The third kappa shape index (κ3) is 5.03. The molecule has 9 heteroatoms. The zero-order valence-corrected chi connectivity index (χ0v) is 16.2. The van der Waals surface area contributed by atoms with Crippen LogP contribution in [0.2, 0.25) is 0 Å². The predicted octanol–water partition coefficient (Wildman–Crippen LogP) is 0.455. The zero-order valence-electron chi connectivity index (χ0n) is 15.4. The maximum absolute atomic E-state index is 12.9. The number of urea groups is 1. The maximum Gasteiger partial charge on any atom is 0.321 e. The van der Waals surface area contributed by atoms with Gasteiger partial charge in [0.25, 0.3) is 0 Å². The maximum atomic E-state index is 12.9. The summed E-state index contributed by atoms with van der Waals surface area (Å²) >= 11 is 0. The highest BCUT2D eigenvalue weighted by Gasteiger charge is 2.30. The van der Waals surface area contributed by atoms with Gasteiger partial charge in [0, 0.05) is 32.7 Å². The first-order valence-electron chi connectivity index (χ1n) is 8.61. The Bertz CT molecular complexity index is 771. The topological polar surface area (TPSA) is 98.8 Å². The number of nitrogens with zero attached hydrogens (tertiary/aromatic N) is 2. The van der Waals surface area contributed by atoms with Crippen molar-refractivity contribution in [1.82, 2.24) is 19.8 Å². The van der Waals surface area contributed by atoms with Crippen molar-refractivity contribution in [3.05, 3.63) is 29.3 Å². The Morgan fingerprint density at radius 2 is 1.77 bits per heavy atom. The van der Waals surface area contributed by atoms with E-state index in [9.17, 15) is 18.0 Å². The summed E-state index contributed by atoms with van der Waals surface area (Å²) in [7, 11) is -3.55. The van der Waals surface area contributed by atoms with Crippen LogP contribution < -0.4 is 10.6 Å². The van der Waals surface area contributed by atoms with E-state index in [4.69, 9.17) is 0 Å². The Hall–Kier alpha value is -1.97. The van der Waals surface area contributed by atoms with Crippen LogP contribution in [0, 0.1) is 13.8 Å². The first-order valence-corrected chi connectivity index (χ1v) is 10.1. The van der Waals surface area contributed by atoms with Crippen LogP contribution >= 0.6 is 0 Å². The smallest absolute Gasteiger partial charge is 0.321 e. The van der Waals surface area contributed by atoms with E-state index < -0.39 is 22.0 Å². The van der Waals surface area contributed by atoms with Gasteiger partial charge in [-0.2, -0.15) is 4.31 Å². The fourth-order valence-electron chi connectivity index (χ4n) is 2.83. The van der Waals surface area contributed by atoms with Gasteiger partial charge in [0.2, 0.25) is 15.9 Å². The zero-order chi connectivity index (χ0) is 19.3. The summed E-state index contributed by atoms with van der Waals surface area (Å²) in [6.07, 6.45) is 0. The highest BCUT2D eigenvalue weighted by molar-refractivity contribution is 7.89. The third-order valence-corrected chi connectivity index (χ3v) is 6.29. The number of piperazine rings is 1. The summed E-state index contributed by atoms with van der Waals surface area (Å²) < 4.78 is 27.2. The summed E-state index contributed by atoms with van der Waals surface area (Å²) in [5.74, 6) is -0.401. The number of hydrogen-bond donors (Lipinski definition) is 2. The normalized spacial score (nSPS) is 16.3. The molecule has 0 spiro atoms. The molecule has 0 radical (unpaired) electrons. The molecule has 0 atom stereocenters. The molecule has 0 bridgehead atoms. The third-order valence-electron chi connectivity index (χ3n) is 4.25. The van der Waals surface area contributed by atoms with Crippen molar-refractivity contribution in [2.45, 2.75) is 25.7 Å². The van der Waals surface area contributed by atoms with Gasteiger partial charge >= 0.3 is 6.03 Å². The number of nitrogens with one attached hydrogen (secondary N) is 2. The van der Waals surface area contributed by atoms with Crippen molar-refractivity contribution >= 4 is 22.0 Å². The molecule has 144 valence electrons. The summed E-state index contributed by atoms with van der Waals surface area (Å²) in [6, 6.07) is 4.87. The van der Waals surface area contributed by atoms with Gasteiger partial charge in [-0.3, -0.25) is 15.0 Å². The van der Waals surface area contributed by atoms with Crippen molar-refractivity contribution in [1.29, 1.82) is 0 Å². The quantitative estimate of drug-likeness (QED) is 0.771. The lowest BCUT2D eigenvalue weighted by atomic mass is 10.2. The van der Waals surface area contributed by atoms with E-state index in [1.807, 2.05) is 24.0 Å². The van der Waals surface area contributed by atoms with E-state index in [1.54, 1.807) is 19.9 Å². The average molecular weight is 382 g/mol. The van der Waals surface area contributed by atoms with Crippen LogP contribution in [-0.2, 0) is 14.8 Å². The molecule has 2 rings (SSSR count). The second-order valence-electron chi connectivity index (χ2n) is 6.36. The number of hydrogen-bond acceptors (Lipinski definition) is 5. The lowest BCUT2D eigenvalue weighted by molar-refractivity contribution is -0.121. The summed E-state index contributed by atoms with van der Waals surface area (Å²) in [4.78, 5) is 25.3. The van der Waals surface area contributed by atoms with Gasteiger partial charge in [-0.05, 0) is 38.0 Å². The Balaban J connectivity index is 1.94. The average Bonchev–Trinajstić information content (AvgIpc) is 2.57. The lowest BCUT2D eigenvalue weighted by Gasteiger charge is -2.33. The summed E-state index contributed by atoms with van der Waals surface area (Å²) in [5.41, 5.74) is 1.62. The van der Waals surface area contributed by atoms with Gasteiger partial charge in [0.1, 0.15) is 0 Å². The Kier molecular flexibility index (Phi) is 6.74. The van der Waals surface area contributed by atoms with E-state index in [0.29, 0.717) is 37.6 Å². The molecular formula is C17H26N4O4S. The molecular weight excluding hydrogens is 356 g/mol. The van der Waals surface area contributed by atoms with Crippen LogP contribution in [-0.4, -0.2) is 68.8 Å². The Morgan fingerprint density at radius 1 is 1.12 bits per heavy atom. The molecule has 8 nitrogen and oxygen atoms in total. The first kappa shape index (κ1) is 20.3. The predicted molar refractivity (Wildman–Crippen MR) is 98.3 cm³/mol. The number of rotatable bonds is 5. The number of benzene rings is 1. The molecule has 2 N–H and O–H groups in total. The van der Waals surface area contributed by atoms with E-state index in [0.717, 1.165) is 11.1 Å². The molecule has 3 amide bonds. The molecule has 1 heterocycles. The van der Waals surface area contributed by atoms with Crippen molar-refractivity contribution < 1.29 is 18.0 Å². The van der Waals surface area contributed by atoms with Crippen LogP contribution in [0.15, 0.2) is 23.1 Å². The van der Waals surface area contributed by atoms with Crippen molar-refractivity contribution in [2.24, 2.45) is 0 Å². The second-order valence-corrected chi connectivity index (χ2v) is 8.26. The molecule has 1 saturated heterocycles. The molecule has 0 saturated carbocycles. The minimum Gasteiger partial charge on any atom is -0.338 e. The Morgan fingerprint density at radius 3 is 2.38 bits per heavy atom. The van der Waals surface area contributed by atoms with Crippen LogP contribution in [0.25, 0.3) is 0 Å². The van der Waals surface area contributed by atoms with Crippen LogP contribution in [0.5, 0.6) is 0 Å². The fourth-order valence-corrected chi connectivity index (χ4v) is 4.56. The number of amides is 3. The van der Waals surface area contributed by atoms with Gasteiger partial charge in [0.05, 0.1) is 11.4 Å². The number of carbonyl (C=O) groups excluding carboxylic acids is 2. The second kappa shape index (κ2) is 8.61. The molecule has 26 heavy (non-hydrogen) atoms. The van der Waals surface area contributed by atoms with Crippen molar-refractivity contribution in [3.8, 4) is 0 Å². The highest BCUT2D eigenvalue weighted by Crippen LogP contribution is 2.22. The van der Waals surface area contributed by atoms with E-state index in [1.165, 1.54) is 4.31 Å². The number of imide groups is 1. The molecule has 0 unspecified atom stereocenters. The largest absolute Gasteiger partial charge is 0.338 e. The molecule has 0 aliphatic carbocycles.